The molecule has 0 aromatic rings. The van der Waals surface area contributed by atoms with E-state index in [1.165, 1.54) is 6.92 Å². The van der Waals surface area contributed by atoms with Gasteiger partial charge in [0.2, 0.25) is 0 Å². The van der Waals surface area contributed by atoms with Crippen molar-refractivity contribution in [3.05, 3.63) is 0 Å². The van der Waals surface area contributed by atoms with Crippen molar-refractivity contribution in [2.24, 2.45) is 5.92 Å². The summed E-state index contributed by atoms with van der Waals surface area (Å²) in [7, 11) is 0. The first kappa shape index (κ1) is 14.1. The number of carboxylic acids is 1. The summed E-state index contributed by atoms with van der Waals surface area (Å²) in [5.74, 6) is 0.308. The van der Waals surface area contributed by atoms with Crippen molar-refractivity contribution in [3.63, 3.8) is 0 Å². The Labute approximate surface area is 94.0 Å². The third-order valence-electron chi connectivity index (χ3n) is 1.78. The molecule has 0 spiro atoms. The minimum absolute atomic E-state index is 0.380. The van der Waals surface area contributed by atoms with Gasteiger partial charge in [-0.15, -0.1) is 0 Å². The lowest BCUT2D eigenvalue weighted by atomic mass is 10.2. The second kappa shape index (κ2) is 7.39. The van der Waals surface area contributed by atoms with Gasteiger partial charge < -0.3 is 15.7 Å². The maximum Gasteiger partial charge on any atom is 0.325 e. The lowest BCUT2D eigenvalue weighted by molar-refractivity contribution is -0.138. The Bertz CT molecular complexity index is 223. The first-order valence-electron chi connectivity index (χ1n) is 4.73. The Morgan fingerprint density at radius 2 is 2.00 bits per heavy atom. The summed E-state index contributed by atoms with van der Waals surface area (Å²) in [6.07, 6.45) is 2.00. The lowest BCUT2D eigenvalue weighted by Crippen LogP contribution is -2.45. The number of hydrogen-bond donors (Lipinski definition) is 3. The average Bonchev–Trinajstić information content (AvgIpc) is 2.15. The zero-order valence-electron chi connectivity index (χ0n) is 9.24. The molecule has 0 saturated carbocycles. The van der Waals surface area contributed by atoms with Crippen LogP contribution in [0.5, 0.6) is 0 Å². The van der Waals surface area contributed by atoms with Crippen molar-refractivity contribution in [1.82, 2.24) is 10.6 Å². The molecule has 15 heavy (non-hydrogen) atoms. The molecule has 0 bridgehead atoms. The van der Waals surface area contributed by atoms with Crippen LogP contribution in [0.1, 0.15) is 13.8 Å². The van der Waals surface area contributed by atoms with Crippen molar-refractivity contribution >= 4 is 23.8 Å². The van der Waals surface area contributed by atoms with E-state index in [9.17, 15) is 9.59 Å². The number of urea groups is 1. The monoisotopic (exact) mass is 234 g/mol. The summed E-state index contributed by atoms with van der Waals surface area (Å²) in [6, 6.07) is -1.29. The fourth-order valence-electron chi connectivity index (χ4n) is 0.920. The summed E-state index contributed by atoms with van der Waals surface area (Å²) in [4.78, 5) is 21.6. The maximum absolute atomic E-state index is 11.2. The number of amides is 2. The maximum atomic E-state index is 11.2. The van der Waals surface area contributed by atoms with E-state index in [0.717, 1.165) is 5.75 Å². The molecular weight excluding hydrogens is 216 g/mol. The molecule has 0 radical (unpaired) electrons. The third-order valence-corrected chi connectivity index (χ3v) is 2.68. The van der Waals surface area contributed by atoms with E-state index < -0.39 is 18.0 Å². The summed E-state index contributed by atoms with van der Waals surface area (Å²) in [6.45, 7) is 4.00. The van der Waals surface area contributed by atoms with E-state index in [1.807, 2.05) is 13.2 Å². The first-order chi connectivity index (χ1) is 6.97. The largest absolute Gasteiger partial charge is 0.480 e. The van der Waals surface area contributed by atoms with Crippen LogP contribution in [0.15, 0.2) is 0 Å². The molecule has 0 aliphatic carbocycles. The summed E-state index contributed by atoms with van der Waals surface area (Å²) in [5, 5.41) is 13.5. The number of nitrogens with one attached hydrogen (secondary N) is 2. The van der Waals surface area contributed by atoms with E-state index in [-0.39, 0.29) is 0 Å². The molecule has 0 aromatic heterocycles. The molecule has 0 aromatic carbocycles. The van der Waals surface area contributed by atoms with Gasteiger partial charge in [0.1, 0.15) is 6.04 Å². The van der Waals surface area contributed by atoms with Crippen molar-refractivity contribution in [3.8, 4) is 0 Å². The van der Waals surface area contributed by atoms with Crippen LogP contribution < -0.4 is 10.6 Å². The van der Waals surface area contributed by atoms with Crippen LogP contribution in [0, 0.1) is 5.92 Å². The molecule has 0 fully saturated rings. The zero-order valence-corrected chi connectivity index (χ0v) is 10.1. The predicted octanol–water partition coefficient (Wildman–Crippen LogP) is 0.758. The van der Waals surface area contributed by atoms with E-state index in [4.69, 9.17) is 5.11 Å². The van der Waals surface area contributed by atoms with E-state index in [1.54, 1.807) is 11.8 Å². The summed E-state index contributed by atoms with van der Waals surface area (Å²) in [5.41, 5.74) is 0. The minimum Gasteiger partial charge on any atom is -0.480 e. The Kier molecular flexibility index (Phi) is 6.94. The van der Waals surface area contributed by atoms with Gasteiger partial charge >= 0.3 is 12.0 Å². The lowest BCUT2D eigenvalue weighted by Gasteiger charge is -2.13. The summed E-state index contributed by atoms with van der Waals surface area (Å²) < 4.78 is 0. The molecule has 5 nitrogen and oxygen atoms in total. The van der Waals surface area contributed by atoms with Crippen LogP contribution in [0.3, 0.4) is 0 Å². The molecule has 2 amide bonds. The van der Waals surface area contributed by atoms with E-state index >= 15 is 0 Å². The number of rotatable bonds is 6. The van der Waals surface area contributed by atoms with Crippen LogP contribution in [0.4, 0.5) is 4.79 Å². The minimum atomic E-state index is -1.04. The quantitative estimate of drug-likeness (QED) is 0.634. The van der Waals surface area contributed by atoms with Gasteiger partial charge in [-0.1, -0.05) is 6.92 Å². The fourth-order valence-corrected chi connectivity index (χ4v) is 1.61. The summed E-state index contributed by atoms with van der Waals surface area (Å²) >= 11 is 1.71. The third kappa shape index (κ3) is 7.07. The molecular formula is C9H18N2O3S. The number of hydrogen-bond acceptors (Lipinski definition) is 3. The molecule has 0 saturated heterocycles. The SMILES string of the molecule is CSCC(C)CNC(=O)N[C@@H](C)C(=O)O. The topological polar surface area (TPSA) is 78.4 Å². The van der Waals surface area contributed by atoms with Crippen LogP contribution in [0.25, 0.3) is 0 Å². The number of aliphatic carboxylic acids is 1. The molecule has 88 valence electrons. The molecule has 6 heteroatoms. The van der Waals surface area contributed by atoms with Gasteiger partial charge in [0.25, 0.3) is 0 Å². The van der Waals surface area contributed by atoms with Crippen molar-refractivity contribution in [2.45, 2.75) is 19.9 Å². The normalized spacial score (nSPS) is 14.1. The van der Waals surface area contributed by atoms with Crippen molar-refractivity contribution in [1.29, 1.82) is 0 Å². The van der Waals surface area contributed by atoms with Crippen molar-refractivity contribution in [2.75, 3.05) is 18.6 Å². The molecule has 0 aliphatic rings. The van der Waals surface area contributed by atoms with Gasteiger partial charge in [-0.25, -0.2) is 4.79 Å². The highest BCUT2D eigenvalue weighted by molar-refractivity contribution is 7.98. The molecule has 3 N–H and O–H groups in total. The van der Waals surface area contributed by atoms with Crippen LogP contribution >= 0.6 is 11.8 Å². The van der Waals surface area contributed by atoms with E-state index in [2.05, 4.69) is 10.6 Å². The number of carboxylic acid groups (broad SMARTS) is 1. The van der Waals surface area contributed by atoms with Gasteiger partial charge in [-0.3, -0.25) is 4.79 Å². The van der Waals surface area contributed by atoms with Gasteiger partial charge in [0.15, 0.2) is 0 Å². The smallest absolute Gasteiger partial charge is 0.325 e. The Balaban J connectivity index is 3.70. The number of carbonyl (C=O) groups is 2. The Morgan fingerprint density at radius 3 is 2.47 bits per heavy atom. The van der Waals surface area contributed by atoms with Gasteiger partial charge in [0.05, 0.1) is 0 Å². The molecule has 2 atom stereocenters. The fraction of sp³-hybridized carbons (Fsp3) is 0.778. The highest BCUT2D eigenvalue weighted by atomic mass is 32.2. The molecule has 0 rings (SSSR count). The molecule has 1 unspecified atom stereocenters. The average molecular weight is 234 g/mol. The number of carbonyl (C=O) groups excluding carboxylic acids is 1. The van der Waals surface area contributed by atoms with Gasteiger partial charge in [-0.2, -0.15) is 11.8 Å². The number of thioether (sulfide) groups is 1. The highest BCUT2D eigenvalue weighted by Gasteiger charge is 2.13. The Hall–Kier alpha value is -0.910. The predicted molar refractivity (Wildman–Crippen MR) is 61.2 cm³/mol. The standard InChI is InChI=1S/C9H18N2O3S/c1-6(5-15-3)4-10-9(14)11-7(2)8(12)13/h6-7H,4-5H2,1-3H3,(H,12,13)(H2,10,11,14)/t6?,7-/m0/s1. The zero-order chi connectivity index (χ0) is 11.8. The van der Waals surface area contributed by atoms with Crippen molar-refractivity contribution < 1.29 is 14.7 Å². The van der Waals surface area contributed by atoms with Crippen LogP contribution in [0.2, 0.25) is 0 Å². The Morgan fingerprint density at radius 1 is 1.40 bits per heavy atom. The van der Waals surface area contributed by atoms with Crippen LogP contribution in [-0.2, 0) is 4.79 Å². The first-order valence-corrected chi connectivity index (χ1v) is 6.12. The highest BCUT2D eigenvalue weighted by Crippen LogP contribution is 2.02. The van der Waals surface area contributed by atoms with Gasteiger partial charge in [0, 0.05) is 6.54 Å². The molecule has 0 heterocycles. The second-order valence-corrected chi connectivity index (χ2v) is 4.39. The molecule has 0 aliphatic heterocycles. The second-order valence-electron chi connectivity index (χ2n) is 3.47. The van der Waals surface area contributed by atoms with Crippen LogP contribution in [-0.4, -0.2) is 41.7 Å². The van der Waals surface area contributed by atoms with Gasteiger partial charge in [-0.05, 0) is 24.9 Å². The van der Waals surface area contributed by atoms with E-state index in [0.29, 0.717) is 12.5 Å².